The van der Waals surface area contributed by atoms with Crippen molar-refractivity contribution in [2.45, 2.75) is 38.8 Å². The molecule has 150 valence electrons. The van der Waals surface area contributed by atoms with Gasteiger partial charge in [0.05, 0.1) is 12.6 Å². The Bertz CT molecular complexity index is 615. The molecule has 1 aliphatic heterocycles. The van der Waals surface area contributed by atoms with Gasteiger partial charge in [-0.05, 0) is 39.3 Å². The van der Waals surface area contributed by atoms with E-state index in [0.29, 0.717) is 26.3 Å². The van der Waals surface area contributed by atoms with Crippen LogP contribution in [-0.2, 0) is 14.3 Å². The summed E-state index contributed by atoms with van der Waals surface area (Å²) in [5.74, 6) is 0.670. The smallest absolute Gasteiger partial charge is 0.410 e. The minimum Gasteiger partial charge on any atom is -0.491 e. The van der Waals surface area contributed by atoms with Crippen molar-refractivity contribution >= 4 is 12.0 Å². The number of ether oxygens (including phenoxy) is 3. The Hall–Kier alpha value is -2.28. The summed E-state index contributed by atoms with van der Waals surface area (Å²) in [4.78, 5) is 27.7. The van der Waals surface area contributed by atoms with Gasteiger partial charge in [0, 0.05) is 20.1 Å². The average Bonchev–Trinajstić information content (AvgIpc) is 3.10. The van der Waals surface area contributed by atoms with E-state index in [1.807, 2.05) is 51.1 Å². The molecule has 0 bridgehead atoms. The van der Waals surface area contributed by atoms with Gasteiger partial charge in [0.1, 0.15) is 24.6 Å². The maximum atomic E-state index is 12.3. The van der Waals surface area contributed by atoms with Crippen molar-refractivity contribution in [1.29, 1.82) is 0 Å². The molecular formula is C20H30N2O5. The molecular weight excluding hydrogens is 348 g/mol. The number of rotatable bonds is 7. The van der Waals surface area contributed by atoms with Crippen molar-refractivity contribution in [2.75, 3.05) is 40.0 Å². The predicted molar refractivity (Wildman–Crippen MR) is 102 cm³/mol. The fourth-order valence-electron chi connectivity index (χ4n) is 2.75. The molecule has 1 fully saturated rings. The lowest BCUT2D eigenvalue weighted by Gasteiger charge is -2.26. The van der Waals surface area contributed by atoms with Crippen LogP contribution in [0.2, 0.25) is 0 Å². The summed E-state index contributed by atoms with van der Waals surface area (Å²) >= 11 is 0. The first-order chi connectivity index (χ1) is 12.8. The van der Waals surface area contributed by atoms with Crippen molar-refractivity contribution in [3.8, 4) is 5.75 Å². The van der Waals surface area contributed by atoms with Crippen LogP contribution in [0.3, 0.4) is 0 Å². The molecule has 2 rings (SSSR count). The summed E-state index contributed by atoms with van der Waals surface area (Å²) in [6.07, 6.45) is 0.402. The molecule has 0 spiro atoms. The third-order valence-electron chi connectivity index (χ3n) is 4.22. The van der Waals surface area contributed by atoms with Crippen LogP contribution >= 0.6 is 0 Å². The van der Waals surface area contributed by atoms with Gasteiger partial charge in [0.25, 0.3) is 0 Å². The standard InChI is InChI=1S/C20H30N2O5/c1-20(2,3)27-19(24)22-11-10-16(14-22)21(4)18(23)15-25-12-13-26-17-8-6-5-7-9-17/h5-9,16H,10-15H2,1-4H3. The Kier molecular flexibility index (Phi) is 7.47. The maximum absolute atomic E-state index is 12.3. The fraction of sp³-hybridized carbons (Fsp3) is 0.600. The van der Waals surface area contributed by atoms with Gasteiger partial charge in [-0.2, -0.15) is 0 Å². The number of likely N-dealkylation sites (tertiary alicyclic amines) is 1. The molecule has 7 nitrogen and oxygen atoms in total. The number of hydrogen-bond donors (Lipinski definition) is 0. The molecule has 0 aliphatic carbocycles. The fourth-order valence-corrected chi connectivity index (χ4v) is 2.75. The van der Waals surface area contributed by atoms with Gasteiger partial charge in [-0.25, -0.2) is 4.79 Å². The molecule has 0 radical (unpaired) electrons. The Labute approximate surface area is 161 Å². The zero-order chi connectivity index (χ0) is 19.9. The number of nitrogens with zero attached hydrogens (tertiary/aromatic N) is 2. The van der Waals surface area contributed by atoms with E-state index in [1.165, 1.54) is 0 Å². The summed E-state index contributed by atoms with van der Waals surface area (Å²) in [7, 11) is 1.75. The molecule has 1 aromatic rings. The van der Waals surface area contributed by atoms with E-state index < -0.39 is 5.60 Å². The van der Waals surface area contributed by atoms with Gasteiger partial charge < -0.3 is 24.0 Å². The summed E-state index contributed by atoms with van der Waals surface area (Å²) in [6, 6.07) is 9.44. The summed E-state index contributed by atoms with van der Waals surface area (Å²) in [6.45, 7) is 7.31. The highest BCUT2D eigenvalue weighted by Gasteiger charge is 2.33. The second kappa shape index (κ2) is 9.60. The lowest BCUT2D eigenvalue weighted by Crippen LogP contribution is -2.42. The first-order valence-corrected chi connectivity index (χ1v) is 9.25. The van der Waals surface area contributed by atoms with Crippen LogP contribution in [0.5, 0.6) is 5.75 Å². The van der Waals surface area contributed by atoms with Crippen molar-refractivity contribution in [3.63, 3.8) is 0 Å². The highest BCUT2D eigenvalue weighted by molar-refractivity contribution is 5.77. The second-order valence-electron chi connectivity index (χ2n) is 7.59. The second-order valence-corrected chi connectivity index (χ2v) is 7.59. The van der Waals surface area contributed by atoms with Crippen LogP contribution in [0.1, 0.15) is 27.2 Å². The highest BCUT2D eigenvalue weighted by atomic mass is 16.6. The molecule has 2 amide bonds. The van der Waals surface area contributed by atoms with Gasteiger partial charge in [0.2, 0.25) is 5.91 Å². The van der Waals surface area contributed by atoms with Crippen molar-refractivity contribution in [2.24, 2.45) is 0 Å². The van der Waals surface area contributed by atoms with E-state index in [9.17, 15) is 9.59 Å². The predicted octanol–water partition coefficient (Wildman–Crippen LogP) is 2.55. The lowest BCUT2D eigenvalue weighted by molar-refractivity contribution is -0.136. The zero-order valence-corrected chi connectivity index (χ0v) is 16.6. The molecule has 1 aliphatic rings. The minimum atomic E-state index is -0.521. The highest BCUT2D eigenvalue weighted by Crippen LogP contribution is 2.18. The van der Waals surface area contributed by atoms with E-state index in [0.717, 1.165) is 12.2 Å². The Balaban J connectivity index is 1.65. The van der Waals surface area contributed by atoms with E-state index >= 15 is 0 Å². The van der Waals surface area contributed by atoms with E-state index in [-0.39, 0.29) is 24.6 Å². The number of amides is 2. The summed E-state index contributed by atoms with van der Waals surface area (Å²) in [5.41, 5.74) is -0.521. The first kappa shape index (κ1) is 21.0. The molecule has 1 unspecified atom stereocenters. The molecule has 0 N–H and O–H groups in total. The minimum absolute atomic E-state index is 0.00239. The molecule has 1 aromatic carbocycles. The van der Waals surface area contributed by atoms with E-state index in [1.54, 1.807) is 16.8 Å². The molecule has 0 aromatic heterocycles. The number of carbonyl (C=O) groups is 2. The van der Waals surface area contributed by atoms with E-state index in [2.05, 4.69) is 0 Å². The van der Waals surface area contributed by atoms with Crippen LogP contribution in [-0.4, -0.2) is 73.4 Å². The average molecular weight is 378 g/mol. The van der Waals surface area contributed by atoms with Gasteiger partial charge in [0.15, 0.2) is 0 Å². The molecule has 1 atom stereocenters. The number of hydrogen-bond acceptors (Lipinski definition) is 5. The molecule has 0 saturated carbocycles. The normalized spacial score (nSPS) is 16.9. The Morgan fingerprint density at radius 1 is 1.19 bits per heavy atom. The van der Waals surface area contributed by atoms with Crippen LogP contribution in [0.15, 0.2) is 30.3 Å². The molecule has 7 heteroatoms. The largest absolute Gasteiger partial charge is 0.491 e. The lowest BCUT2D eigenvalue weighted by atomic mass is 10.2. The maximum Gasteiger partial charge on any atom is 0.410 e. The van der Waals surface area contributed by atoms with Crippen LogP contribution in [0, 0.1) is 0 Å². The monoisotopic (exact) mass is 378 g/mol. The third-order valence-corrected chi connectivity index (χ3v) is 4.22. The van der Waals surface area contributed by atoms with Crippen molar-refractivity contribution in [3.05, 3.63) is 30.3 Å². The summed E-state index contributed by atoms with van der Waals surface area (Å²) < 4.78 is 16.3. The Morgan fingerprint density at radius 2 is 1.89 bits per heavy atom. The first-order valence-electron chi connectivity index (χ1n) is 9.25. The van der Waals surface area contributed by atoms with Crippen LogP contribution in [0.25, 0.3) is 0 Å². The third kappa shape index (κ3) is 7.09. The van der Waals surface area contributed by atoms with Gasteiger partial charge in [-0.1, -0.05) is 18.2 Å². The van der Waals surface area contributed by atoms with Gasteiger partial charge >= 0.3 is 6.09 Å². The van der Waals surface area contributed by atoms with Gasteiger partial charge in [-0.3, -0.25) is 4.79 Å². The molecule has 1 saturated heterocycles. The van der Waals surface area contributed by atoms with Gasteiger partial charge in [-0.15, -0.1) is 0 Å². The van der Waals surface area contributed by atoms with Crippen LogP contribution in [0.4, 0.5) is 4.79 Å². The topological polar surface area (TPSA) is 68.3 Å². The molecule has 1 heterocycles. The zero-order valence-electron chi connectivity index (χ0n) is 16.6. The van der Waals surface area contributed by atoms with Crippen molar-refractivity contribution in [1.82, 2.24) is 9.80 Å². The number of para-hydroxylation sites is 1. The van der Waals surface area contributed by atoms with Crippen molar-refractivity contribution < 1.29 is 23.8 Å². The number of likely N-dealkylation sites (N-methyl/N-ethyl adjacent to an activating group) is 1. The number of carbonyl (C=O) groups excluding carboxylic acids is 2. The summed E-state index contributed by atoms with van der Waals surface area (Å²) in [5, 5.41) is 0. The van der Waals surface area contributed by atoms with Crippen LogP contribution < -0.4 is 4.74 Å². The number of benzene rings is 1. The Morgan fingerprint density at radius 3 is 2.56 bits per heavy atom. The quantitative estimate of drug-likeness (QED) is 0.682. The van der Waals surface area contributed by atoms with E-state index in [4.69, 9.17) is 14.2 Å². The SMILES string of the molecule is CN(C(=O)COCCOc1ccccc1)C1CCN(C(=O)OC(C)(C)C)C1. The molecule has 27 heavy (non-hydrogen) atoms.